The Morgan fingerprint density at radius 3 is 2.84 bits per heavy atom. The van der Waals surface area contributed by atoms with Crippen molar-refractivity contribution in [3.05, 3.63) is 30.0 Å². The number of amides is 1. The van der Waals surface area contributed by atoms with E-state index in [1.54, 1.807) is 18.3 Å². The van der Waals surface area contributed by atoms with Crippen LogP contribution >= 0.6 is 0 Å². The average Bonchev–Trinajstić information content (AvgIpc) is 2.78. The van der Waals surface area contributed by atoms with Gasteiger partial charge in [0.05, 0.1) is 18.2 Å². The molecule has 0 saturated heterocycles. The van der Waals surface area contributed by atoms with Crippen LogP contribution in [0, 0.1) is 5.92 Å². The Bertz CT molecular complexity index is 589. The van der Waals surface area contributed by atoms with E-state index in [0.717, 1.165) is 10.9 Å². The maximum Gasteiger partial charge on any atom is 0.253 e. The van der Waals surface area contributed by atoms with Gasteiger partial charge < -0.3 is 21.1 Å². The van der Waals surface area contributed by atoms with Gasteiger partial charge in [0.15, 0.2) is 0 Å². The van der Waals surface area contributed by atoms with E-state index in [4.69, 9.17) is 5.73 Å². The molecular formula is C14H19N3O2. The Morgan fingerprint density at radius 2 is 2.21 bits per heavy atom. The zero-order valence-corrected chi connectivity index (χ0v) is 11.1. The Balaban J connectivity index is 2.27. The highest BCUT2D eigenvalue weighted by Crippen LogP contribution is 2.20. The van der Waals surface area contributed by atoms with Crippen molar-refractivity contribution in [3.63, 3.8) is 0 Å². The van der Waals surface area contributed by atoms with Crippen LogP contribution in [0.1, 0.15) is 24.2 Å². The molecule has 0 radical (unpaired) electrons. The third-order valence-electron chi connectivity index (χ3n) is 3.27. The van der Waals surface area contributed by atoms with Gasteiger partial charge in [-0.25, -0.2) is 0 Å². The van der Waals surface area contributed by atoms with E-state index in [0.29, 0.717) is 11.3 Å². The number of hydrogen-bond acceptors (Lipinski definition) is 3. The smallest absolute Gasteiger partial charge is 0.253 e. The molecule has 1 atom stereocenters. The lowest BCUT2D eigenvalue weighted by Gasteiger charge is -2.19. The van der Waals surface area contributed by atoms with Gasteiger partial charge in [0.25, 0.3) is 5.91 Å². The molecule has 1 amide bonds. The molecule has 2 aromatic rings. The highest BCUT2D eigenvalue weighted by molar-refractivity contribution is 6.07. The van der Waals surface area contributed by atoms with Crippen molar-refractivity contribution in [2.24, 2.45) is 5.92 Å². The molecular weight excluding hydrogens is 242 g/mol. The molecule has 1 aromatic carbocycles. The summed E-state index contributed by atoms with van der Waals surface area (Å²) >= 11 is 0. The number of H-pyrrole nitrogens is 1. The van der Waals surface area contributed by atoms with Gasteiger partial charge in [0, 0.05) is 22.8 Å². The highest BCUT2D eigenvalue weighted by Gasteiger charge is 2.18. The number of fused-ring (bicyclic) bond motifs is 1. The summed E-state index contributed by atoms with van der Waals surface area (Å²) in [5.41, 5.74) is 7.74. The minimum absolute atomic E-state index is 0.0707. The van der Waals surface area contributed by atoms with E-state index in [9.17, 15) is 9.90 Å². The molecule has 0 aliphatic heterocycles. The van der Waals surface area contributed by atoms with Crippen LogP contribution in [-0.2, 0) is 0 Å². The van der Waals surface area contributed by atoms with Crippen molar-refractivity contribution in [2.75, 3.05) is 12.3 Å². The second kappa shape index (κ2) is 5.32. The summed E-state index contributed by atoms with van der Waals surface area (Å²) in [6.07, 6.45) is 1.66. The summed E-state index contributed by atoms with van der Waals surface area (Å²) in [5, 5.41) is 12.9. The number of nitrogen functional groups attached to an aromatic ring is 1. The lowest BCUT2D eigenvalue weighted by Crippen LogP contribution is -2.41. The van der Waals surface area contributed by atoms with Crippen molar-refractivity contribution in [1.82, 2.24) is 10.3 Å². The molecule has 0 aliphatic carbocycles. The molecule has 0 bridgehead atoms. The number of aromatic nitrogens is 1. The first kappa shape index (κ1) is 13.4. The summed E-state index contributed by atoms with van der Waals surface area (Å²) in [6.45, 7) is 3.84. The van der Waals surface area contributed by atoms with Crippen molar-refractivity contribution in [3.8, 4) is 0 Å². The van der Waals surface area contributed by atoms with Crippen molar-refractivity contribution in [1.29, 1.82) is 0 Å². The van der Waals surface area contributed by atoms with Crippen molar-refractivity contribution < 1.29 is 9.90 Å². The van der Waals surface area contributed by atoms with Gasteiger partial charge in [-0.05, 0) is 24.1 Å². The minimum atomic E-state index is -0.244. The fourth-order valence-corrected chi connectivity index (χ4v) is 2.00. The van der Waals surface area contributed by atoms with Gasteiger partial charge in [0.2, 0.25) is 0 Å². The molecule has 5 N–H and O–H groups in total. The topological polar surface area (TPSA) is 91.1 Å². The molecule has 0 spiro atoms. The number of anilines is 1. The molecule has 1 heterocycles. The van der Waals surface area contributed by atoms with Crippen LogP contribution in [0.3, 0.4) is 0 Å². The van der Waals surface area contributed by atoms with E-state index in [1.165, 1.54) is 0 Å². The van der Waals surface area contributed by atoms with Crippen LogP contribution in [-0.4, -0.2) is 28.6 Å². The first-order valence-corrected chi connectivity index (χ1v) is 6.31. The highest BCUT2D eigenvalue weighted by atomic mass is 16.3. The van der Waals surface area contributed by atoms with Crippen LogP contribution in [0.5, 0.6) is 0 Å². The summed E-state index contributed by atoms with van der Waals surface area (Å²) in [7, 11) is 0. The number of carbonyl (C=O) groups is 1. The molecule has 5 nitrogen and oxygen atoms in total. The van der Waals surface area contributed by atoms with E-state index >= 15 is 0 Å². The third-order valence-corrected chi connectivity index (χ3v) is 3.27. The molecule has 1 aromatic heterocycles. The van der Waals surface area contributed by atoms with Gasteiger partial charge in [-0.1, -0.05) is 13.8 Å². The number of aliphatic hydroxyl groups is 1. The van der Waals surface area contributed by atoms with Gasteiger partial charge in [0.1, 0.15) is 0 Å². The fraction of sp³-hybridized carbons (Fsp3) is 0.357. The van der Waals surface area contributed by atoms with Crippen LogP contribution in [0.25, 0.3) is 10.9 Å². The maximum absolute atomic E-state index is 12.2. The average molecular weight is 261 g/mol. The number of rotatable bonds is 4. The van der Waals surface area contributed by atoms with Crippen molar-refractivity contribution in [2.45, 2.75) is 19.9 Å². The maximum atomic E-state index is 12.2. The lowest BCUT2D eigenvalue weighted by molar-refractivity contribution is 0.0898. The molecule has 0 fully saturated rings. The largest absolute Gasteiger partial charge is 0.399 e. The van der Waals surface area contributed by atoms with Crippen molar-refractivity contribution >= 4 is 22.5 Å². The standard InChI is InChI=1S/C14H19N3O2/c1-8(2)13(7-18)17-14(19)11-6-16-12-5-9(15)3-4-10(11)12/h3-6,8,13,16,18H,7,15H2,1-2H3,(H,17,19)/t13-/m1/s1. The zero-order chi connectivity index (χ0) is 14.0. The van der Waals surface area contributed by atoms with Gasteiger partial charge >= 0.3 is 0 Å². The zero-order valence-electron chi connectivity index (χ0n) is 11.1. The minimum Gasteiger partial charge on any atom is -0.399 e. The SMILES string of the molecule is CC(C)[C@@H](CO)NC(=O)c1c[nH]c2cc(N)ccc12. The first-order valence-electron chi connectivity index (χ1n) is 6.31. The normalized spacial score (nSPS) is 12.8. The number of aliphatic hydroxyl groups excluding tert-OH is 1. The predicted octanol–water partition coefficient (Wildman–Crippen LogP) is 1.50. The Morgan fingerprint density at radius 1 is 1.47 bits per heavy atom. The molecule has 0 aliphatic rings. The summed E-state index contributed by atoms with van der Waals surface area (Å²) in [4.78, 5) is 15.2. The second-order valence-corrected chi connectivity index (χ2v) is 5.01. The van der Waals surface area contributed by atoms with E-state index in [-0.39, 0.29) is 24.5 Å². The van der Waals surface area contributed by atoms with E-state index in [2.05, 4.69) is 10.3 Å². The third kappa shape index (κ3) is 2.71. The van der Waals surface area contributed by atoms with Gasteiger partial charge in [-0.3, -0.25) is 4.79 Å². The number of aromatic amines is 1. The molecule has 5 heteroatoms. The van der Waals surface area contributed by atoms with Gasteiger partial charge in [-0.15, -0.1) is 0 Å². The first-order chi connectivity index (χ1) is 9.02. The predicted molar refractivity (Wildman–Crippen MR) is 75.9 cm³/mol. The molecule has 102 valence electrons. The van der Waals surface area contributed by atoms with E-state index in [1.807, 2.05) is 19.9 Å². The number of benzene rings is 1. The number of nitrogens with one attached hydrogen (secondary N) is 2. The lowest BCUT2D eigenvalue weighted by atomic mass is 10.0. The monoisotopic (exact) mass is 261 g/mol. The molecule has 2 rings (SSSR count). The van der Waals surface area contributed by atoms with Crippen LogP contribution < -0.4 is 11.1 Å². The summed E-state index contributed by atoms with van der Waals surface area (Å²) < 4.78 is 0. The fourth-order valence-electron chi connectivity index (χ4n) is 2.00. The van der Waals surface area contributed by atoms with Gasteiger partial charge in [-0.2, -0.15) is 0 Å². The van der Waals surface area contributed by atoms with E-state index < -0.39 is 0 Å². The summed E-state index contributed by atoms with van der Waals surface area (Å²) in [5.74, 6) is -0.0152. The molecule has 19 heavy (non-hydrogen) atoms. The number of carbonyl (C=O) groups excluding carboxylic acids is 1. The Labute approximate surface area is 111 Å². The quantitative estimate of drug-likeness (QED) is 0.628. The molecule has 0 unspecified atom stereocenters. The number of nitrogens with two attached hydrogens (primary N) is 1. The summed E-state index contributed by atoms with van der Waals surface area (Å²) in [6, 6.07) is 5.13. The number of hydrogen-bond donors (Lipinski definition) is 4. The van der Waals surface area contributed by atoms with Crippen LogP contribution in [0.4, 0.5) is 5.69 Å². The Hall–Kier alpha value is -2.01. The molecule has 0 saturated carbocycles. The van der Waals surface area contributed by atoms with Crippen LogP contribution in [0.2, 0.25) is 0 Å². The second-order valence-electron chi connectivity index (χ2n) is 5.01. The Kier molecular flexibility index (Phi) is 3.76. The van der Waals surface area contributed by atoms with Crippen LogP contribution in [0.15, 0.2) is 24.4 Å².